The van der Waals surface area contributed by atoms with Gasteiger partial charge in [0.2, 0.25) is 0 Å². The maximum absolute atomic E-state index is 13.5. The van der Waals surface area contributed by atoms with Crippen LogP contribution >= 0.6 is 0 Å². The number of carbonyl (C=O) groups is 2. The number of oxime groups is 2. The van der Waals surface area contributed by atoms with Gasteiger partial charge in [0.25, 0.3) is 0 Å². The maximum Gasteiger partial charge on any atom is 0.367 e. The summed E-state index contributed by atoms with van der Waals surface area (Å²) in [6, 6.07) is 24.8. The normalized spacial score (nSPS) is 27.3. The number of carbonyl (C=O) groups excluding carboxylic acids is 2. The summed E-state index contributed by atoms with van der Waals surface area (Å²) >= 11 is 0. The number of hydrogen-bond acceptors (Lipinski definition) is 8. The van der Waals surface area contributed by atoms with E-state index in [0.717, 1.165) is 62.8 Å². The molecule has 6 unspecified atom stereocenters. The van der Waals surface area contributed by atoms with E-state index in [2.05, 4.69) is 40.2 Å². The number of hydrogen-bond donors (Lipinski definition) is 2. The summed E-state index contributed by atoms with van der Waals surface area (Å²) in [6.45, 7) is 6.85. The molecule has 0 amide bonds. The Morgan fingerprint density at radius 1 is 0.661 bits per heavy atom. The van der Waals surface area contributed by atoms with Crippen molar-refractivity contribution >= 4 is 67.0 Å². The summed E-state index contributed by atoms with van der Waals surface area (Å²) in [5.41, 5.74) is 5.65. The Hall–Kier alpha value is -6.16. The van der Waals surface area contributed by atoms with Crippen molar-refractivity contribution in [3.63, 3.8) is 0 Å². The van der Waals surface area contributed by atoms with Crippen molar-refractivity contribution in [2.75, 3.05) is 0 Å². The molecule has 4 aromatic carbocycles. The lowest BCUT2D eigenvalue weighted by Crippen LogP contribution is -2.51. The van der Waals surface area contributed by atoms with Gasteiger partial charge in [-0.05, 0) is 141 Å². The number of rotatable bonds is 5. The fraction of sp³-hybridized carbons (Fsp3) is 0.347. The van der Waals surface area contributed by atoms with Gasteiger partial charge in [0, 0.05) is 38.5 Å². The van der Waals surface area contributed by atoms with Crippen molar-refractivity contribution in [2.24, 2.45) is 44.8 Å². The van der Waals surface area contributed by atoms with E-state index < -0.39 is 11.9 Å². The highest BCUT2D eigenvalue weighted by Gasteiger charge is 2.59. The number of aromatic nitrogens is 2. The van der Waals surface area contributed by atoms with E-state index in [0.29, 0.717) is 61.4 Å². The molecule has 59 heavy (non-hydrogen) atoms. The van der Waals surface area contributed by atoms with E-state index in [1.807, 2.05) is 43.3 Å². The summed E-state index contributed by atoms with van der Waals surface area (Å²) in [7, 11) is 0. The quantitative estimate of drug-likeness (QED) is 0.0771. The van der Waals surface area contributed by atoms with Crippen molar-refractivity contribution < 1.29 is 19.3 Å². The van der Waals surface area contributed by atoms with Gasteiger partial charge in [0.05, 0.1) is 33.6 Å². The van der Waals surface area contributed by atoms with E-state index >= 15 is 0 Å². The summed E-state index contributed by atoms with van der Waals surface area (Å²) in [4.78, 5) is 71.1. The second kappa shape index (κ2) is 14.0. The third-order valence-electron chi connectivity index (χ3n) is 14.9. The highest BCUT2D eigenvalue weighted by molar-refractivity contribution is 6.07. The van der Waals surface area contributed by atoms with Gasteiger partial charge in [0.1, 0.15) is 0 Å². The first-order chi connectivity index (χ1) is 28.5. The van der Waals surface area contributed by atoms with Gasteiger partial charge in [-0.1, -0.05) is 66.1 Å². The first kappa shape index (κ1) is 37.1. The lowest BCUT2D eigenvalue weighted by atomic mass is 9.46. The molecule has 3 fully saturated rings. The number of allylic oxidation sites excluding steroid dienone is 2. The molecule has 298 valence electrons. The second-order valence-electron chi connectivity index (χ2n) is 17.7. The number of para-hydroxylation sites is 4. The molecule has 10 nitrogen and oxygen atoms in total. The molecule has 6 atom stereocenters. The topological polar surface area (TPSA) is 143 Å². The molecule has 2 heterocycles. The van der Waals surface area contributed by atoms with Crippen LogP contribution in [0.25, 0.3) is 43.6 Å². The minimum atomic E-state index is -0.598. The standard InChI is InChI=1S/C49H46N4O6/c1-27(52-58-46(56)35-14-8-12-33-42(35)50-40-16-6-4-10-31(40)44(33)54)37-20-21-38-30-19-18-28-26-29(22-24-48(28,2)39(30)23-25-49(37,38)3)53-59-47(57)36-15-9-13-34-43(36)51-41-17-7-5-11-32(41)45(34)55/h4-17,26,30,37-39H,18-25H2,1-3H3,(H,50,54)(H,51,55)/b52-27+,53-29-. The van der Waals surface area contributed by atoms with E-state index in [1.54, 1.807) is 48.5 Å². The fourth-order valence-corrected chi connectivity index (χ4v) is 11.9. The average molecular weight is 787 g/mol. The zero-order valence-corrected chi connectivity index (χ0v) is 33.5. The zero-order chi connectivity index (χ0) is 40.6. The SMILES string of the molecule is C/C(=N\OC(=O)c1cccc2c(=O)c3ccccc3[nH]c12)C1CCC2C3CCC4=C/C(=N\OC(=O)c5cccc6c(=O)c7ccccc7[nH]c56)CCC4(C)C3CCC12C. The van der Waals surface area contributed by atoms with Gasteiger partial charge in [0.15, 0.2) is 10.9 Å². The van der Waals surface area contributed by atoms with Crippen LogP contribution in [0.2, 0.25) is 0 Å². The van der Waals surface area contributed by atoms with E-state index in [-0.39, 0.29) is 38.7 Å². The summed E-state index contributed by atoms with van der Waals surface area (Å²) in [5, 5.41) is 10.9. The van der Waals surface area contributed by atoms with Crippen molar-refractivity contribution in [1.82, 2.24) is 9.97 Å². The van der Waals surface area contributed by atoms with Crippen LogP contribution in [-0.4, -0.2) is 33.3 Å². The van der Waals surface area contributed by atoms with Gasteiger partial charge in [-0.3, -0.25) is 9.59 Å². The Bertz CT molecular complexity index is 2980. The maximum atomic E-state index is 13.5. The molecule has 2 N–H and O–H groups in total. The van der Waals surface area contributed by atoms with Crippen LogP contribution in [0.4, 0.5) is 0 Å². The Morgan fingerprint density at radius 2 is 1.25 bits per heavy atom. The number of H-pyrrole nitrogens is 2. The van der Waals surface area contributed by atoms with Crippen LogP contribution in [0.5, 0.6) is 0 Å². The van der Waals surface area contributed by atoms with Crippen molar-refractivity contribution in [3.8, 4) is 0 Å². The molecular weight excluding hydrogens is 741 g/mol. The van der Waals surface area contributed by atoms with Crippen LogP contribution in [0, 0.1) is 34.5 Å². The smallest absolute Gasteiger partial charge is 0.354 e. The summed E-state index contributed by atoms with van der Waals surface area (Å²) in [5.74, 6) is 0.698. The molecule has 0 bridgehead atoms. The van der Waals surface area contributed by atoms with Crippen LogP contribution in [0.15, 0.2) is 116 Å². The van der Waals surface area contributed by atoms with Gasteiger partial charge in [-0.15, -0.1) is 0 Å². The van der Waals surface area contributed by atoms with Gasteiger partial charge < -0.3 is 19.6 Å². The Labute approximate surface area is 340 Å². The molecule has 4 aliphatic rings. The van der Waals surface area contributed by atoms with Crippen LogP contribution in [0.1, 0.15) is 92.9 Å². The predicted octanol–water partition coefficient (Wildman–Crippen LogP) is 10.0. The molecular formula is C49H46N4O6. The molecule has 6 aromatic rings. The molecule has 10 rings (SSSR count). The predicted molar refractivity (Wildman–Crippen MR) is 231 cm³/mol. The first-order valence-electron chi connectivity index (χ1n) is 20.9. The summed E-state index contributed by atoms with van der Waals surface area (Å²) in [6.07, 6.45) is 10.2. The Balaban J connectivity index is 0.835. The highest BCUT2D eigenvalue weighted by Crippen LogP contribution is 2.66. The van der Waals surface area contributed by atoms with Crippen LogP contribution < -0.4 is 10.9 Å². The van der Waals surface area contributed by atoms with E-state index in [4.69, 9.17) is 9.68 Å². The minimum Gasteiger partial charge on any atom is -0.354 e. The minimum absolute atomic E-state index is 0.0466. The van der Waals surface area contributed by atoms with Crippen molar-refractivity contribution in [2.45, 2.75) is 72.1 Å². The fourth-order valence-electron chi connectivity index (χ4n) is 11.9. The molecule has 4 aliphatic carbocycles. The largest absolute Gasteiger partial charge is 0.367 e. The van der Waals surface area contributed by atoms with Crippen molar-refractivity contribution in [3.05, 3.63) is 128 Å². The lowest BCUT2D eigenvalue weighted by molar-refractivity contribution is -0.0411. The molecule has 0 radical (unpaired) electrons. The molecule has 0 saturated heterocycles. The zero-order valence-electron chi connectivity index (χ0n) is 33.5. The highest BCUT2D eigenvalue weighted by atomic mass is 16.7. The first-order valence-corrected chi connectivity index (χ1v) is 20.9. The van der Waals surface area contributed by atoms with Crippen LogP contribution in [0.3, 0.4) is 0 Å². The van der Waals surface area contributed by atoms with Gasteiger partial charge >= 0.3 is 11.9 Å². The van der Waals surface area contributed by atoms with Crippen molar-refractivity contribution in [1.29, 1.82) is 0 Å². The molecule has 3 saturated carbocycles. The Kier molecular flexibility index (Phi) is 8.81. The number of nitrogens with one attached hydrogen (secondary N) is 2. The summed E-state index contributed by atoms with van der Waals surface area (Å²) < 4.78 is 0. The van der Waals surface area contributed by atoms with Crippen LogP contribution in [-0.2, 0) is 9.68 Å². The van der Waals surface area contributed by atoms with Gasteiger partial charge in [-0.2, -0.15) is 0 Å². The average Bonchev–Trinajstić information content (AvgIpc) is 3.62. The Morgan fingerprint density at radius 3 is 1.90 bits per heavy atom. The van der Waals surface area contributed by atoms with E-state index in [1.165, 1.54) is 5.57 Å². The molecule has 10 heteroatoms. The number of nitrogens with zero attached hydrogens (tertiary/aromatic N) is 2. The third kappa shape index (κ3) is 5.89. The van der Waals surface area contributed by atoms with Gasteiger partial charge in [-0.25, -0.2) is 9.59 Å². The van der Waals surface area contributed by atoms with E-state index in [9.17, 15) is 19.2 Å². The number of pyridine rings is 2. The molecule has 2 aromatic heterocycles. The monoisotopic (exact) mass is 786 g/mol. The number of fused-ring (bicyclic) bond motifs is 9. The number of aromatic amines is 2. The number of benzene rings is 4. The second-order valence-corrected chi connectivity index (χ2v) is 17.7. The molecule has 0 spiro atoms. The third-order valence-corrected chi connectivity index (χ3v) is 14.9. The lowest BCUT2D eigenvalue weighted by Gasteiger charge is -2.58. The molecule has 0 aliphatic heterocycles.